The summed E-state index contributed by atoms with van der Waals surface area (Å²) >= 11 is 0. The first-order valence-electron chi connectivity index (χ1n) is 13.6. The van der Waals surface area contributed by atoms with Gasteiger partial charge in [0.05, 0.1) is 24.8 Å². The molecule has 1 fully saturated rings. The van der Waals surface area contributed by atoms with Crippen molar-refractivity contribution in [2.45, 2.75) is 39.3 Å². The minimum absolute atomic E-state index is 0.000270. The van der Waals surface area contributed by atoms with E-state index in [1.807, 2.05) is 43.3 Å². The van der Waals surface area contributed by atoms with Crippen molar-refractivity contribution in [1.29, 1.82) is 0 Å². The average molecular weight is 544 g/mol. The number of aliphatic hydroxyl groups is 1. The monoisotopic (exact) mass is 543 g/mol. The Kier molecular flexibility index (Phi) is 8.24. The Morgan fingerprint density at radius 2 is 1.70 bits per heavy atom. The second-order valence-corrected chi connectivity index (χ2v) is 9.61. The summed E-state index contributed by atoms with van der Waals surface area (Å²) in [5.41, 5.74) is 1.84. The molecule has 0 unspecified atom stereocenters. The van der Waals surface area contributed by atoms with Gasteiger partial charge in [0, 0.05) is 12.1 Å². The van der Waals surface area contributed by atoms with Crippen molar-refractivity contribution in [3.05, 3.63) is 89.0 Å². The van der Waals surface area contributed by atoms with Gasteiger partial charge in [-0.25, -0.2) is 0 Å². The zero-order chi connectivity index (χ0) is 28.1. The number of nitrogens with zero attached hydrogens (tertiary/aromatic N) is 1. The van der Waals surface area contributed by atoms with Crippen LogP contribution >= 0.6 is 0 Å². The van der Waals surface area contributed by atoms with Gasteiger partial charge in [0.1, 0.15) is 19.0 Å². The molecule has 8 nitrogen and oxygen atoms in total. The number of ketones is 1. The number of carbonyl (C=O) groups excluding carboxylic acids is 2. The molecule has 0 saturated carbocycles. The number of hydrogen-bond acceptors (Lipinski definition) is 7. The molecule has 5 rings (SSSR count). The Bertz CT molecular complexity index is 1420. The molecule has 40 heavy (non-hydrogen) atoms. The fourth-order valence-electron chi connectivity index (χ4n) is 4.92. The Morgan fingerprint density at radius 1 is 0.925 bits per heavy atom. The molecule has 1 N–H and O–H groups in total. The number of fused-ring (bicyclic) bond motifs is 1. The highest BCUT2D eigenvalue weighted by atomic mass is 16.6. The lowest BCUT2D eigenvalue weighted by Crippen LogP contribution is -2.29. The summed E-state index contributed by atoms with van der Waals surface area (Å²) in [7, 11) is 0. The van der Waals surface area contributed by atoms with Crippen LogP contribution in [0.1, 0.15) is 49.4 Å². The highest BCUT2D eigenvalue weighted by molar-refractivity contribution is 6.46. The fraction of sp³-hybridized carbons (Fsp3) is 0.312. The number of ether oxygens (including phenoxy) is 4. The summed E-state index contributed by atoms with van der Waals surface area (Å²) < 4.78 is 23.1. The molecule has 2 aliphatic heterocycles. The van der Waals surface area contributed by atoms with Gasteiger partial charge in [-0.15, -0.1) is 0 Å². The molecule has 1 amide bonds. The maximum absolute atomic E-state index is 13.5. The van der Waals surface area contributed by atoms with Gasteiger partial charge >= 0.3 is 0 Å². The molecule has 8 heteroatoms. The molecule has 2 heterocycles. The Hall–Kier alpha value is -4.46. The van der Waals surface area contributed by atoms with Crippen LogP contribution in [0.2, 0.25) is 0 Å². The SMILES string of the molecule is CCCCOc1ccc([C@@H]2/C(=C(\O)c3ccc4c(c3)OCCO4)C(=O)C(=O)N2Cc2ccccc2)cc1OCC. The van der Waals surface area contributed by atoms with Crippen molar-refractivity contribution in [3.8, 4) is 23.0 Å². The normalized spacial score (nSPS) is 17.6. The van der Waals surface area contributed by atoms with Crippen LogP contribution in [-0.2, 0) is 16.1 Å². The summed E-state index contributed by atoms with van der Waals surface area (Å²) in [5, 5.41) is 11.5. The quantitative estimate of drug-likeness (QED) is 0.153. The minimum Gasteiger partial charge on any atom is -0.507 e. The second-order valence-electron chi connectivity index (χ2n) is 9.61. The number of carbonyl (C=O) groups is 2. The van der Waals surface area contributed by atoms with E-state index in [1.165, 1.54) is 4.90 Å². The maximum Gasteiger partial charge on any atom is 0.295 e. The van der Waals surface area contributed by atoms with Gasteiger partial charge in [0.25, 0.3) is 11.7 Å². The van der Waals surface area contributed by atoms with Crippen LogP contribution in [0.3, 0.4) is 0 Å². The number of benzene rings is 3. The number of unbranched alkanes of at least 4 members (excludes halogenated alkanes) is 1. The van der Waals surface area contributed by atoms with E-state index in [0.717, 1.165) is 18.4 Å². The molecule has 0 spiro atoms. The van der Waals surface area contributed by atoms with Crippen molar-refractivity contribution in [2.75, 3.05) is 26.4 Å². The number of rotatable bonds is 10. The van der Waals surface area contributed by atoms with Crippen molar-refractivity contribution in [1.82, 2.24) is 4.90 Å². The zero-order valence-electron chi connectivity index (χ0n) is 22.7. The second kappa shape index (κ2) is 12.2. The third-order valence-corrected chi connectivity index (χ3v) is 6.89. The lowest BCUT2D eigenvalue weighted by atomic mass is 9.94. The topological polar surface area (TPSA) is 94.5 Å². The lowest BCUT2D eigenvalue weighted by Gasteiger charge is -2.26. The van der Waals surface area contributed by atoms with E-state index in [2.05, 4.69) is 6.92 Å². The third kappa shape index (κ3) is 5.47. The fourth-order valence-corrected chi connectivity index (χ4v) is 4.92. The smallest absolute Gasteiger partial charge is 0.295 e. The zero-order valence-corrected chi connectivity index (χ0v) is 22.7. The summed E-state index contributed by atoms with van der Waals surface area (Å²) in [6.45, 7) is 5.93. The van der Waals surface area contributed by atoms with Crippen molar-refractivity contribution >= 4 is 17.4 Å². The van der Waals surface area contributed by atoms with E-state index in [9.17, 15) is 14.7 Å². The van der Waals surface area contributed by atoms with E-state index in [1.54, 1.807) is 30.3 Å². The number of hydrogen-bond donors (Lipinski definition) is 1. The summed E-state index contributed by atoms with van der Waals surface area (Å²) in [5.74, 6) is 0.411. The van der Waals surface area contributed by atoms with Gasteiger partial charge in [-0.2, -0.15) is 0 Å². The Morgan fingerprint density at radius 3 is 2.45 bits per heavy atom. The standard InChI is InChI=1S/C32H33NO7/c1-3-5-15-38-24-13-11-22(18-26(24)37-4-2)29-28(30(34)23-12-14-25-27(19-23)40-17-16-39-25)31(35)32(36)33(29)20-21-9-7-6-8-10-21/h6-14,18-19,29,34H,3-5,15-17,20H2,1-2H3/b30-28+/t29-/m1/s1. The number of amides is 1. The molecule has 1 atom stereocenters. The molecule has 1 saturated heterocycles. The predicted octanol–water partition coefficient (Wildman–Crippen LogP) is 5.66. The minimum atomic E-state index is -0.850. The maximum atomic E-state index is 13.5. The highest BCUT2D eigenvalue weighted by Crippen LogP contribution is 2.43. The Balaban J connectivity index is 1.61. The van der Waals surface area contributed by atoms with Gasteiger partial charge in [-0.05, 0) is 54.8 Å². The average Bonchev–Trinajstić information content (AvgIpc) is 3.23. The van der Waals surface area contributed by atoms with Crippen molar-refractivity contribution in [3.63, 3.8) is 0 Å². The molecule has 0 aliphatic carbocycles. The van der Waals surface area contributed by atoms with Gasteiger partial charge in [-0.1, -0.05) is 49.7 Å². The van der Waals surface area contributed by atoms with E-state index >= 15 is 0 Å². The van der Waals surface area contributed by atoms with Crippen LogP contribution in [0.15, 0.2) is 72.3 Å². The molecule has 3 aromatic rings. The summed E-state index contributed by atoms with van der Waals surface area (Å²) in [4.78, 5) is 28.5. The molecule has 0 radical (unpaired) electrons. The highest BCUT2D eigenvalue weighted by Gasteiger charge is 2.46. The van der Waals surface area contributed by atoms with Crippen molar-refractivity contribution < 1.29 is 33.6 Å². The first-order valence-corrected chi connectivity index (χ1v) is 13.6. The molecular weight excluding hydrogens is 510 g/mol. The van der Waals surface area contributed by atoms with Gasteiger partial charge < -0.3 is 29.0 Å². The molecule has 0 aromatic heterocycles. The molecular formula is C32H33NO7. The van der Waals surface area contributed by atoms with Crippen LogP contribution in [0.4, 0.5) is 0 Å². The lowest BCUT2D eigenvalue weighted by molar-refractivity contribution is -0.140. The third-order valence-electron chi connectivity index (χ3n) is 6.89. The van der Waals surface area contributed by atoms with Crippen LogP contribution in [0.25, 0.3) is 5.76 Å². The van der Waals surface area contributed by atoms with E-state index in [0.29, 0.717) is 60.6 Å². The van der Waals surface area contributed by atoms with Gasteiger partial charge in [0.2, 0.25) is 0 Å². The first kappa shape index (κ1) is 27.1. The first-order chi connectivity index (χ1) is 19.5. The van der Waals surface area contributed by atoms with E-state index in [4.69, 9.17) is 18.9 Å². The van der Waals surface area contributed by atoms with Crippen LogP contribution in [0, 0.1) is 0 Å². The number of Topliss-reactive ketones (excluding diaryl/α,β-unsaturated/α-hetero) is 1. The van der Waals surface area contributed by atoms with E-state index in [-0.39, 0.29) is 17.9 Å². The van der Waals surface area contributed by atoms with Crippen LogP contribution in [-0.4, -0.2) is 48.1 Å². The van der Waals surface area contributed by atoms with E-state index < -0.39 is 17.7 Å². The van der Waals surface area contributed by atoms with Gasteiger partial charge in [0.15, 0.2) is 23.0 Å². The van der Waals surface area contributed by atoms with Crippen molar-refractivity contribution in [2.24, 2.45) is 0 Å². The molecule has 2 aliphatic rings. The number of aliphatic hydroxyl groups excluding tert-OH is 1. The largest absolute Gasteiger partial charge is 0.507 e. The molecule has 208 valence electrons. The Labute approximate surface area is 233 Å². The van der Waals surface area contributed by atoms with Crippen LogP contribution < -0.4 is 18.9 Å². The number of likely N-dealkylation sites (tertiary alicyclic amines) is 1. The predicted molar refractivity (Wildman–Crippen MR) is 150 cm³/mol. The molecule has 0 bridgehead atoms. The summed E-state index contributed by atoms with van der Waals surface area (Å²) in [6, 6.07) is 19.0. The molecule has 3 aromatic carbocycles. The van der Waals surface area contributed by atoms with Crippen LogP contribution in [0.5, 0.6) is 23.0 Å². The summed E-state index contributed by atoms with van der Waals surface area (Å²) in [6.07, 6.45) is 1.90. The van der Waals surface area contributed by atoms with Gasteiger partial charge in [-0.3, -0.25) is 9.59 Å².